The molecular weight excluding hydrogens is 1860 g/mol. The lowest BCUT2D eigenvalue weighted by molar-refractivity contribution is -0.153. The second kappa shape index (κ2) is 73.8. The molecule has 1 saturated heterocycles. The number of aliphatic hydroxyl groups excluding tert-OH is 1. The maximum atomic E-state index is 12.4. The van der Waals surface area contributed by atoms with Crippen LogP contribution in [0.15, 0.2) is 34.3 Å². The molecule has 4 rings (SSSR count). The predicted molar refractivity (Wildman–Crippen MR) is 546 cm³/mol. The van der Waals surface area contributed by atoms with Gasteiger partial charge in [-0.25, -0.2) is 23.3 Å². The number of aromatic amines is 1. The van der Waals surface area contributed by atoms with E-state index in [9.17, 15) is 48.0 Å². The van der Waals surface area contributed by atoms with Crippen molar-refractivity contribution in [2.75, 3.05) is 192 Å². The third-order valence-electron chi connectivity index (χ3n) is 21.1. The van der Waals surface area contributed by atoms with Crippen molar-refractivity contribution in [1.82, 2.24) is 44.9 Å². The topological polar surface area (TPSA) is 467 Å². The first-order valence-electron chi connectivity index (χ1n) is 51.0. The Hall–Kier alpha value is -5.23. The SMILES string of the molecule is CC(C)(C)CCCCCCNC(=O)/C=C/c1cn([C@H]2C[C@@H](C(C)(C)C)[C@@H](CO)O2)c(=O)[nH]c1=O.CC(C)(C)CCCCc1cn(CCOCCOCCOCCC(C)(C)C)nn1.CC(C)(C)CCCOCC(CCC(C)(C)C)OC(=O)CCC(N)=O.CC(C)(C)CCOCCOCCOCCn1cc(CCCCOP(=O)(O)OCCOCCOCCOCCOCCOCCOP(=O)(O)OC(C)(C)C)nn1. The van der Waals surface area contributed by atoms with Crippen molar-refractivity contribution in [3.8, 4) is 0 Å². The molecule has 40 heteroatoms. The van der Waals surface area contributed by atoms with Crippen molar-refractivity contribution in [2.24, 2.45) is 49.6 Å². The molecule has 0 bridgehead atoms. The van der Waals surface area contributed by atoms with Crippen molar-refractivity contribution in [3.63, 3.8) is 0 Å². The first-order valence-corrected chi connectivity index (χ1v) is 54.0. The third kappa shape index (κ3) is 82.4. The number of phosphoric ester groups is 2. The lowest BCUT2D eigenvalue weighted by atomic mass is 9.76. The van der Waals surface area contributed by atoms with E-state index in [4.69, 9.17) is 90.1 Å². The molecule has 4 heterocycles. The molecule has 1 fully saturated rings. The number of aromatic nitrogens is 8. The van der Waals surface area contributed by atoms with E-state index in [1.807, 2.05) is 17.1 Å². The molecule has 1 aliphatic rings. The Balaban J connectivity index is 0.000000995. The number of esters is 1. The highest BCUT2D eigenvalue weighted by Gasteiger charge is 2.43. The standard InChI is InChI=1S/C34H69N3O16P2.C26H43N3O5.C22H43N3O3.C19H37NO4/c1-33(2,3)10-13-42-15-17-44-18-16-43-14-11-37-31-32(35-36-37)9-7-8-12-50-54(38,39)51-29-27-48-25-23-46-21-19-45-20-22-47-24-26-49-28-30-52-55(40,41)53-34(4,5)6;1-25(2,3)13-9-7-8-10-14-27-21(31)12-11-18-16-29(24(33)28-23(18)32)22-15-19(26(4,5)6)20(17-30)34-22;1-21(2,3)10-8-7-9-20-19-25(24-23-20)12-14-27-16-18-28-17-15-26-13-11-22(4,5)6;1-18(2,3)11-7-13-23-14-15(10-12-19(4,5)6)24-17(22)9-8-16(20)21/h31H,7-30H2,1-6H3,(H,38,39)(H,40,41);11-12,16,19-20,22,30H,7-10,13-15,17H2,1-6H3,(H,27,31)(H,28,32,33);19H,7-18H2,1-6H3;15H,7-14H2,1-6H3,(H2,20,21)/b;12-11+;;/t;19-,20-,22-;;/m.1../s1. The van der Waals surface area contributed by atoms with Crippen molar-refractivity contribution in [3.05, 3.63) is 62.5 Å². The number of nitrogens with zero attached hydrogens (tertiary/aromatic N) is 7. The van der Waals surface area contributed by atoms with Gasteiger partial charge >= 0.3 is 27.3 Å². The number of carbonyl (C=O) groups excluding carboxylic acids is 3. The summed E-state index contributed by atoms with van der Waals surface area (Å²) in [6.45, 7) is 64.1. The van der Waals surface area contributed by atoms with Gasteiger partial charge in [0.15, 0.2) is 0 Å². The summed E-state index contributed by atoms with van der Waals surface area (Å²) in [6.07, 6.45) is 25.3. The molecular formula is C101H192N10O28P2. The minimum Gasteiger partial charge on any atom is -0.460 e. The largest absolute Gasteiger partial charge is 0.472 e. The van der Waals surface area contributed by atoms with Gasteiger partial charge < -0.3 is 92.3 Å². The Kier molecular flexibility index (Phi) is 70.0. The monoisotopic (exact) mass is 2060 g/mol. The van der Waals surface area contributed by atoms with Crippen molar-refractivity contribution >= 4 is 39.5 Å². The van der Waals surface area contributed by atoms with Crippen LogP contribution in [0.4, 0.5) is 0 Å². The Morgan fingerprint density at radius 1 is 0.475 bits per heavy atom. The van der Waals surface area contributed by atoms with Crippen LogP contribution in [0.1, 0.15) is 311 Å². The summed E-state index contributed by atoms with van der Waals surface area (Å²) in [6, 6.07) is 0. The summed E-state index contributed by atoms with van der Waals surface area (Å²) in [5, 5.41) is 29.2. The van der Waals surface area contributed by atoms with Gasteiger partial charge in [0.25, 0.3) is 5.56 Å². The van der Waals surface area contributed by atoms with Gasteiger partial charge in [-0.3, -0.25) is 46.8 Å². The second-order valence-electron chi connectivity index (χ2n) is 44.7. The van der Waals surface area contributed by atoms with Crippen LogP contribution in [0.3, 0.4) is 0 Å². The minimum atomic E-state index is -4.17. The molecule has 141 heavy (non-hydrogen) atoms. The number of amides is 2. The number of ether oxygens (including phenoxy) is 14. The van der Waals surface area contributed by atoms with Crippen LogP contribution < -0.4 is 22.3 Å². The molecule has 2 amide bonds. The number of phosphoric acid groups is 2. The number of aryl methyl sites for hydroxylation is 2. The van der Waals surface area contributed by atoms with E-state index in [-0.39, 0.29) is 111 Å². The highest BCUT2D eigenvalue weighted by Crippen LogP contribution is 2.47. The van der Waals surface area contributed by atoms with E-state index < -0.39 is 44.6 Å². The lowest BCUT2D eigenvalue weighted by Crippen LogP contribution is -2.33. The van der Waals surface area contributed by atoms with E-state index in [1.54, 1.807) is 25.5 Å². The molecule has 0 aliphatic carbocycles. The highest BCUT2D eigenvalue weighted by atomic mass is 31.2. The zero-order chi connectivity index (χ0) is 106. The number of rotatable bonds is 74. The lowest BCUT2D eigenvalue weighted by Gasteiger charge is -2.29. The molecule has 0 saturated carbocycles. The molecule has 6 atom stereocenters. The first-order chi connectivity index (χ1) is 65.9. The summed E-state index contributed by atoms with van der Waals surface area (Å²) >= 11 is 0. The number of hydrogen-bond donors (Lipinski definition) is 6. The van der Waals surface area contributed by atoms with E-state index >= 15 is 0 Å². The molecule has 1 aliphatic heterocycles. The molecule has 824 valence electrons. The van der Waals surface area contributed by atoms with Gasteiger partial charge in [-0.1, -0.05) is 182 Å². The van der Waals surface area contributed by atoms with Crippen LogP contribution >= 0.6 is 15.6 Å². The zero-order valence-electron chi connectivity index (χ0n) is 91.1. The van der Waals surface area contributed by atoms with Gasteiger partial charge in [-0.15, -0.1) is 10.2 Å². The maximum absolute atomic E-state index is 12.4. The fourth-order valence-electron chi connectivity index (χ4n) is 13.2. The fraction of sp³-hybridized carbons (Fsp3) is 0.871. The maximum Gasteiger partial charge on any atom is 0.472 e. The number of aliphatic hydroxyl groups is 1. The summed E-state index contributed by atoms with van der Waals surface area (Å²) in [7, 11) is -8.28. The van der Waals surface area contributed by atoms with Gasteiger partial charge in [-0.05, 0) is 167 Å². The van der Waals surface area contributed by atoms with E-state index in [0.29, 0.717) is 186 Å². The number of primary amides is 1. The average molecular weight is 2060 g/mol. The van der Waals surface area contributed by atoms with Gasteiger partial charge in [-0.2, -0.15) is 0 Å². The first kappa shape index (κ1) is 134. The van der Waals surface area contributed by atoms with E-state index in [0.717, 1.165) is 95.4 Å². The summed E-state index contributed by atoms with van der Waals surface area (Å²) in [5.74, 6) is -1.10. The van der Waals surface area contributed by atoms with E-state index in [1.165, 1.54) is 55.0 Å². The molecule has 0 spiro atoms. The van der Waals surface area contributed by atoms with Crippen LogP contribution in [0.2, 0.25) is 0 Å². The number of unbranched alkanes of at least 4 members (excludes halogenated alkanes) is 5. The number of carbonyl (C=O) groups is 3. The summed E-state index contributed by atoms with van der Waals surface area (Å²) in [5.41, 5.74) is 6.96. The minimum absolute atomic E-state index is 0.0251. The molecule has 7 N–H and O–H groups in total. The number of H-pyrrole nitrogens is 1. The van der Waals surface area contributed by atoms with Crippen molar-refractivity contribution < 1.29 is 123 Å². The number of nitrogens with two attached hydrogens (primary N) is 1. The molecule has 0 aromatic carbocycles. The Labute approximate surface area is 844 Å². The zero-order valence-corrected chi connectivity index (χ0v) is 92.9. The molecule has 0 radical (unpaired) electrons. The van der Waals surface area contributed by atoms with Gasteiger partial charge in [0, 0.05) is 57.5 Å². The third-order valence-corrected chi connectivity index (χ3v) is 23.4. The summed E-state index contributed by atoms with van der Waals surface area (Å²) in [4.78, 5) is 81.2. The smallest absolute Gasteiger partial charge is 0.460 e. The van der Waals surface area contributed by atoms with Crippen LogP contribution in [0.5, 0.6) is 0 Å². The van der Waals surface area contributed by atoms with Crippen LogP contribution in [0, 0.1) is 43.8 Å². The predicted octanol–water partition coefficient (Wildman–Crippen LogP) is 16.2. The van der Waals surface area contributed by atoms with Crippen molar-refractivity contribution in [1.29, 1.82) is 0 Å². The molecule has 3 unspecified atom stereocenters. The van der Waals surface area contributed by atoms with Crippen LogP contribution in [-0.4, -0.2) is 282 Å². The Morgan fingerprint density at radius 3 is 1.29 bits per heavy atom. The van der Waals surface area contributed by atoms with Gasteiger partial charge in [0.1, 0.15) is 12.3 Å². The van der Waals surface area contributed by atoms with Gasteiger partial charge in [0.2, 0.25) is 11.8 Å². The van der Waals surface area contributed by atoms with Crippen LogP contribution in [0.25, 0.3) is 6.08 Å². The van der Waals surface area contributed by atoms with Crippen molar-refractivity contribution in [2.45, 2.75) is 338 Å². The quantitative estimate of drug-likeness (QED) is 0.0132. The summed E-state index contributed by atoms with van der Waals surface area (Å²) < 4.78 is 126. The normalized spacial score (nSPS) is 15.7. The number of nitrogens with one attached hydrogen (secondary N) is 2. The fourth-order valence-corrected chi connectivity index (χ4v) is 15.0. The molecule has 38 nitrogen and oxygen atoms in total. The number of hydrogen-bond acceptors (Lipinski definition) is 30. The Morgan fingerprint density at radius 2 is 0.872 bits per heavy atom. The van der Waals surface area contributed by atoms with E-state index in [2.05, 4.69) is 176 Å². The van der Waals surface area contributed by atoms with Gasteiger partial charge in [0.05, 0.1) is 213 Å². The van der Waals surface area contributed by atoms with Crippen LogP contribution in [-0.2, 0) is 134 Å². The Bertz CT molecular complexity index is 3940. The molecule has 3 aromatic rings. The second-order valence-corrected chi connectivity index (χ2v) is 47.5. The highest BCUT2D eigenvalue weighted by molar-refractivity contribution is 7.47. The average Bonchev–Trinajstić information content (AvgIpc) is 1.65. The molecule has 3 aromatic heterocycles.